The van der Waals surface area contributed by atoms with Crippen LogP contribution in [0.3, 0.4) is 0 Å². The van der Waals surface area contributed by atoms with E-state index in [1.165, 1.54) is 38.9 Å². The van der Waals surface area contributed by atoms with Crippen LogP contribution in [0, 0.1) is 25.7 Å². The van der Waals surface area contributed by atoms with E-state index in [1.807, 2.05) is 12.4 Å². The number of fused-ring (bicyclic) bond motifs is 1. The fourth-order valence-electron chi connectivity index (χ4n) is 4.41. The van der Waals surface area contributed by atoms with E-state index in [-0.39, 0.29) is 0 Å². The fourth-order valence-corrected chi connectivity index (χ4v) is 4.41. The van der Waals surface area contributed by atoms with Crippen molar-refractivity contribution in [2.75, 3.05) is 0 Å². The lowest BCUT2D eigenvalue weighted by atomic mass is 9.79. The number of rotatable bonds is 4. The molecular formula is C24H31N2+. The summed E-state index contributed by atoms with van der Waals surface area (Å²) in [5.74, 6) is 1.85. The summed E-state index contributed by atoms with van der Waals surface area (Å²) in [5.41, 5.74) is 6.46. The maximum absolute atomic E-state index is 4.27. The van der Waals surface area contributed by atoms with Crippen LogP contribution < -0.4 is 4.57 Å². The van der Waals surface area contributed by atoms with Crippen molar-refractivity contribution in [3.63, 3.8) is 0 Å². The molecule has 0 unspecified atom stereocenters. The van der Waals surface area contributed by atoms with Crippen molar-refractivity contribution in [3.05, 3.63) is 59.5 Å². The van der Waals surface area contributed by atoms with E-state index >= 15 is 0 Å². The Morgan fingerprint density at radius 1 is 0.923 bits per heavy atom. The van der Waals surface area contributed by atoms with Crippen LogP contribution in [0.4, 0.5) is 0 Å². The summed E-state index contributed by atoms with van der Waals surface area (Å²) in [6.07, 6.45) is 3.84. The van der Waals surface area contributed by atoms with Gasteiger partial charge in [-0.15, -0.1) is 0 Å². The summed E-state index contributed by atoms with van der Waals surface area (Å²) in [7, 11) is 2.16. The van der Waals surface area contributed by atoms with Gasteiger partial charge in [0.25, 0.3) is 0 Å². The number of benzene rings is 1. The Kier molecular flexibility index (Phi) is 5.13. The molecule has 0 spiro atoms. The fraction of sp³-hybridized carbons (Fsp3) is 0.417. The van der Waals surface area contributed by atoms with Crippen molar-refractivity contribution < 1.29 is 4.57 Å². The minimum absolute atomic E-state index is 0.583. The SMILES string of the molecule is Cc1cnccc1-c1c2ccc(C(C(C)C)C(C)C)cc2cc(C)[n+]1C. The topological polar surface area (TPSA) is 16.8 Å². The Hall–Kier alpha value is -2.22. The zero-order valence-electron chi connectivity index (χ0n) is 17.2. The van der Waals surface area contributed by atoms with Crippen LogP contribution in [0.5, 0.6) is 0 Å². The first-order chi connectivity index (χ1) is 12.3. The highest BCUT2D eigenvalue weighted by molar-refractivity contribution is 5.94. The average molecular weight is 348 g/mol. The molecule has 0 aliphatic carbocycles. The quantitative estimate of drug-likeness (QED) is 0.550. The van der Waals surface area contributed by atoms with Crippen LogP contribution in [0.2, 0.25) is 0 Å². The van der Waals surface area contributed by atoms with E-state index in [9.17, 15) is 0 Å². The summed E-state index contributed by atoms with van der Waals surface area (Å²) in [4.78, 5) is 4.27. The zero-order chi connectivity index (χ0) is 19.0. The Morgan fingerprint density at radius 2 is 1.62 bits per heavy atom. The van der Waals surface area contributed by atoms with Crippen molar-refractivity contribution >= 4 is 10.8 Å². The monoisotopic (exact) mass is 347 g/mol. The lowest BCUT2D eigenvalue weighted by Gasteiger charge is -2.25. The molecule has 136 valence electrons. The summed E-state index contributed by atoms with van der Waals surface area (Å²) in [6, 6.07) is 11.5. The van der Waals surface area contributed by atoms with E-state index in [0.29, 0.717) is 17.8 Å². The number of hydrogen-bond acceptors (Lipinski definition) is 1. The standard InChI is InChI=1S/C24H31N2/c1-15(2)23(16(3)4)19-8-9-22-20(13-19)12-18(6)26(7)24(22)21-10-11-25-14-17(21)5/h8-16,23H,1-7H3/q+1. The molecule has 26 heavy (non-hydrogen) atoms. The molecule has 0 atom stereocenters. The molecule has 2 aromatic heterocycles. The average Bonchev–Trinajstić information content (AvgIpc) is 2.56. The van der Waals surface area contributed by atoms with Crippen LogP contribution in [0.25, 0.3) is 22.0 Å². The summed E-state index contributed by atoms with van der Waals surface area (Å²) in [5, 5.41) is 2.64. The van der Waals surface area contributed by atoms with Gasteiger partial charge in [0, 0.05) is 25.4 Å². The van der Waals surface area contributed by atoms with Gasteiger partial charge in [-0.1, -0.05) is 39.8 Å². The third-order valence-corrected chi connectivity index (χ3v) is 5.66. The second-order valence-electron chi connectivity index (χ2n) is 8.24. The number of nitrogens with zero attached hydrogens (tertiary/aromatic N) is 2. The van der Waals surface area contributed by atoms with Gasteiger partial charge in [0.1, 0.15) is 7.05 Å². The molecule has 0 amide bonds. The summed E-state index contributed by atoms with van der Waals surface area (Å²) >= 11 is 0. The molecule has 0 saturated heterocycles. The predicted octanol–water partition coefficient (Wildman–Crippen LogP) is 5.74. The molecule has 3 rings (SSSR count). The highest BCUT2D eigenvalue weighted by Crippen LogP contribution is 2.35. The normalized spacial score (nSPS) is 11.9. The molecule has 0 aliphatic heterocycles. The van der Waals surface area contributed by atoms with Gasteiger partial charge in [-0.3, -0.25) is 4.98 Å². The van der Waals surface area contributed by atoms with E-state index in [1.54, 1.807) is 0 Å². The van der Waals surface area contributed by atoms with Crippen LogP contribution in [0.15, 0.2) is 42.7 Å². The lowest BCUT2D eigenvalue weighted by molar-refractivity contribution is -0.665. The second-order valence-corrected chi connectivity index (χ2v) is 8.24. The van der Waals surface area contributed by atoms with E-state index in [4.69, 9.17) is 0 Å². The van der Waals surface area contributed by atoms with Gasteiger partial charge >= 0.3 is 0 Å². The van der Waals surface area contributed by atoms with E-state index in [2.05, 4.69) is 88.5 Å². The van der Waals surface area contributed by atoms with Crippen molar-refractivity contribution in [3.8, 4) is 11.3 Å². The molecule has 2 heterocycles. The predicted molar refractivity (Wildman–Crippen MR) is 110 cm³/mol. The Bertz CT molecular complexity index is 930. The molecule has 0 fully saturated rings. The van der Waals surface area contributed by atoms with Gasteiger partial charge in [0.15, 0.2) is 5.69 Å². The Labute approximate surface area is 157 Å². The van der Waals surface area contributed by atoms with Crippen molar-refractivity contribution in [1.82, 2.24) is 4.98 Å². The Morgan fingerprint density at radius 3 is 2.23 bits per heavy atom. The van der Waals surface area contributed by atoms with Gasteiger partial charge in [-0.2, -0.15) is 4.57 Å². The van der Waals surface area contributed by atoms with Crippen molar-refractivity contribution in [2.45, 2.75) is 47.5 Å². The van der Waals surface area contributed by atoms with Gasteiger partial charge in [0.05, 0.1) is 10.9 Å². The lowest BCUT2D eigenvalue weighted by Crippen LogP contribution is -2.35. The highest BCUT2D eigenvalue weighted by Gasteiger charge is 2.23. The summed E-state index contributed by atoms with van der Waals surface area (Å²) in [6.45, 7) is 13.6. The minimum atomic E-state index is 0.583. The summed E-state index contributed by atoms with van der Waals surface area (Å²) < 4.78 is 2.30. The molecule has 3 aromatic rings. The molecule has 2 nitrogen and oxygen atoms in total. The smallest absolute Gasteiger partial charge is 0.220 e. The molecule has 0 aliphatic rings. The molecule has 2 heteroatoms. The van der Waals surface area contributed by atoms with Gasteiger partial charge in [-0.05, 0) is 53.3 Å². The molecule has 0 saturated carbocycles. The molecule has 0 bridgehead atoms. The number of aryl methyl sites for hydroxylation is 2. The number of pyridine rings is 2. The van der Waals surface area contributed by atoms with E-state index < -0.39 is 0 Å². The maximum Gasteiger partial charge on any atom is 0.220 e. The van der Waals surface area contributed by atoms with Crippen LogP contribution in [0.1, 0.15) is 50.4 Å². The third-order valence-electron chi connectivity index (χ3n) is 5.66. The first-order valence-electron chi connectivity index (χ1n) is 9.65. The molecule has 0 radical (unpaired) electrons. The van der Waals surface area contributed by atoms with Gasteiger partial charge in [0.2, 0.25) is 5.69 Å². The van der Waals surface area contributed by atoms with Gasteiger partial charge in [-0.25, -0.2) is 0 Å². The Balaban J connectivity index is 2.28. The number of aromatic nitrogens is 2. The minimum Gasteiger partial charge on any atom is -0.264 e. The van der Waals surface area contributed by atoms with Gasteiger partial charge < -0.3 is 0 Å². The molecular weight excluding hydrogens is 316 g/mol. The van der Waals surface area contributed by atoms with Crippen LogP contribution in [-0.4, -0.2) is 4.98 Å². The first kappa shape index (κ1) is 18.6. The zero-order valence-corrected chi connectivity index (χ0v) is 17.2. The molecule has 1 aromatic carbocycles. The van der Waals surface area contributed by atoms with Crippen LogP contribution >= 0.6 is 0 Å². The van der Waals surface area contributed by atoms with Crippen molar-refractivity contribution in [2.24, 2.45) is 18.9 Å². The third kappa shape index (κ3) is 3.25. The second kappa shape index (κ2) is 7.19. The largest absolute Gasteiger partial charge is 0.264 e. The van der Waals surface area contributed by atoms with E-state index in [0.717, 1.165) is 0 Å². The van der Waals surface area contributed by atoms with Crippen molar-refractivity contribution in [1.29, 1.82) is 0 Å². The first-order valence-corrected chi connectivity index (χ1v) is 9.65. The van der Waals surface area contributed by atoms with Crippen LogP contribution in [-0.2, 0) is 7.05 Å². The molecule has 0 N–H and O–H groups in total. The number of hydrogen-bond donors (Lipinski definition) is 0. The maximum atomic E-state index is 4.27. The highest BCUT2D eigenvalue weighted by atomic mass is 14.9.